The van der Waals surface area contributed by atoms with E-state index < -0.39 is 18.3 Å². The fourth-order valence-electron chi connectivity index (χ4n) is 3.94. The number of aryl methyl sites for hydroxylation is 1. The van der Waals surface area contributed by atoms with E-state index >= 15 is 0 Å². The normalized spacial score (nSPS) is 19.1. The topological polar surface area (TPSA) is 124 Å². The molecule has 2 heterocycles. The Kier molecular flexibility index (Phi) is 9.77. The van der Waals surface area contributed by atoms with Crippen LogP contribution in [0.3, 0.4) is 0 Å². The molecule has 1 aliphatic heterocycles. The highest BCUT2D eigenvalue weighted by Gasteiger charge is 2.32. The molecule has 11 heteroatoms. The number of aromatic nitrogens is 2. The number of hydrogen-bond donors (Lipinski definition) is 3. The maximum atomic E-state index is 12.1. The Hall–Kier alpha value is -3.38. The molecular weight excluding hydrogens is 508 g/mol. The van der Waals surface area contributed by atoms with E-state index in [9.17, 15) is 14.7 Å². The number of benzene rings is 2. The minimum Gasteiger partial charge on any atom is -0.465 e. The lowest BCUT2D eigenvalue weighted by Gasteiger charge is -2.36. The Morgan fingerprint density at radius 2 is 1.87 bits per heavy atom. The molecule has 10 nitrogen and oxygen atoms in total. The first-order chi connectivity index (χ1) is 18.4. The highest BCUT2D eigenvalue weighted by Crippen LogP contribution is 2.39. The van der Waals surface area contributed by atoms with Crippen LogP contribution in [0.2, 0.25) is 0 Å². The molecule has 1 saturated heterocycles. The number of esters is 1. The summed E-state index contributed by atoms with van der Waals surface area (Å²) in [6, 6.07) is 14.4. The van der Waals surface area contributed by atoms with Crippen LogP contribution in [-0.4, -0.2) is 51.7 Å². The van der Waals surface area contributed by atoms with Gasteiger partial charge in [0, 0.05) is 42.9 Å². The lowest BCUT2D eigenvalue weighted by Crippen LogP contribution is -2.34. The van der Waals surface area contributed by atoms with Gasteiger partial charge in [-0.1, -0.05) is 48.2 Å². The quantitative estimate of drug-likeness (QED) is 0.261. The summed E-state index contributed by atoms with van der Waals surface area (Å²) in [4.78, 5) is 27.9. The molecule has 0 bridgehead atoms. The molecule has 0 unspecified atom stereocenters. The smallest absolute Gasteiger partial charge is 0.325 e. The second-order valence-electron chi connectivity index (χ2n) is 8.72. The number of nitrogens with zero attached hydrogens (tertiary/aromatic N) is 2. The van der Waals surface area contributed by atoms with Crippen LogP contribution in [0.1, 0.15) is 42.4 Å². The first-order valence-electron chi connectivity index (χ1n) is 12.4. The van der Waals surface area contributed by atoms with Gasteiger partial charge in [-0.05, 0) is 30.2 Å². The summed E-state index contributed by atoms with van der Waals surface area (Å²) in [5.41, 5.74) is 3.22. The first-order valence-corrected chi connectivity index (χ1v) is 13.3. The molecule has 3 atom stereocenters. The lowest BCUT2D eigenvalue weighted by molar-refractivity contribution is -0.245. The van der Waals surface area contributed by atoms with Gasteiger partial charge in [0.25, 0.3) is 0 Å². The zero-order chi connectivity index (χ0) is 26.9. The van der Waals surface area contributed by atoms with E-state index in [1.165, 1.54) is 0 Å². The molecule has 1 fully saturated rings. The summed E-state index contributed by atoms with van der Waals surface area (Å²) in [6.07, 6.45) is 3.46. The molecule has 2 amide bonds. The van der Waals surface area contributed by atoms with Crippen molar-refractivity contribution in [3.63, 3.8) is 0 Å². The third kappa shape index (κ3) is 7.57. The molecule has 38 heavy (non-hydrogen) atoms. The number of ether oxygens (including phenoxy) is 3. The molecule has 202 valence electrons. The Morgan fingerprint density at radius 1 is 1.13 bits per heavy atom. The molecule has 2 aromatic carbocycles. The van der Waals surface area contributed by atoms with E-state index in [1.54, 1.807) is 37.0 Å². The van der Waals surface area contributed by atoms with Crippen molar-refractivity contribution in [2.75, 3.05) is 24.2 Å². The van der Waals surface area contributed by atoms with E-state index in [2.05, 4.69) is 15.6 Å². The van der Waals surface area contributed by atoms with E-state index in [0.29, 0.717) is 17.9 Å². The highest BCUT2D eigenvalue weighted by atomic mass is 32.2. The maximum Gasteiger partial charge on any atom is 0.325 e. The summed E-state index contributed by atoms with van der Waals surface area (Å²) < 4.78 is 19.5. The van der Waals surface area contributed by atoms with Crippen LogP contribution in [0.4, 0.5) is 10.5 Å². The van der Waals surface area contributed by atoms with Crippen molar-refractivity contribution in [1.82, 2.24) is 14.9 Å². The standard InChI is InChI=1S/C27H32N4O6S/c1-3-35-24(33)15-29-26(34)30-21-10-8-20(9-11-21)25-36-22(17-38-27-28-12-13-31(27)2)14-23(37-25)19-6-4-18(16-32)5-7-19/h4-13,22-23,25,32H,3,14-17H2,1-2H3,(H2,29,30,34)/t22-,23+,25+/m1/s1. The Balaban J connectivity index is 1.43. The number of aliphatic hydroxyl groups excluding tert-OH is 1. The summed E-state index contributed by atoms with van der Waals surface area (Å²) in [5, 5.41) is 15.5. The van der Waals surface area contributed by atoms with Gasteiger partial charge in [-0.15, -0.1) is 0 Å². The van der Waals surface area contributed by atoms with Crippen LogP contribution in [0.15, 0.2) is 66.1 Å². The van der Waals surface area contributed by atoms with Crippen molar-refractivity contribution in [1.29, 1.82) is 0 Å². The number of imidazole rings is 1. The van der Waals surface area contributed by atoms with Crippen LogP contribution in [0.25, 0.3) is 0 Å². The average Bonchev–Trinajstić information content (AvgIpc) is 3.35. The molecule has 0 aliphatic carbocycles. The van der Waals surface area contributed by atoms with Crippen LogP contribution >= 0.6 is 11.8 Å². The zero-order valence-electron chi connectivity index (χ0n) is 21.3. The number of thioether (sulfide) groups is 1. The van der Waals surface area contributed by atoms with Crippen molar-refractivity contribution >= 4 is 29.4 Å². The highest BCUT2D eigenvalue weighted by molar-refractivity contribution is 7.99. The predicted molar refractivity (Wildman–Crippen MR) is 142 cm³/mol. The van der Waals surface area contributed by atoms with Gasteiger partial charge in [0.15, 0.2) is 11.4 Å². The van der Waals surface area contributed by atoms with Gasteiger partial charge in [0.2, 0.25) is 0 Å². The van der Waals surface area contributed by atoms with Gasteiger partial charge >= 0.3 is 12.0 Å². The van der Waals surface area contributed by atoms with Gasteiger partial charge in [-0.25, -0.2) is 9.78 Å². The van der Waals surface area contributed by atoms with Gasteiger partial charge in [0.05, 0.1) is 25.4 Å². The third-order valence-corrected chi connectivity index (χ3v) is 7.12. The number of carbonyl (C=O) groups is 2. The molecule has 4 rings (SSSR count). The minimum absolute atomic E-state index is 0.0122. The monoisotopic (exact) mass is 540 g/mol. The number of aliphatic hydroxyl groups is 1. The number of anilines is 1. The van der Waals surface area contributed by atoms with Crippen LogP contribution in [0.5, 0.6) is 0 Å². The Labute approximate surface area is 225 Å². The second kappa shape index (κ2) is 13.4. The summed E-state index contributed by atoms with van der Waals surface area (Å²) in [5.74, 6) is 0.205. The largest absolute Gasteiger partial charge is 0.465 e. The van der Waals surface area contributed by atoms with E-state index in [4.69, 9.17) is 14.2 Å². The molecule has 0 radical (unpaired) electrons. The Bertz CT molecular complexity index is 1200. The molecule has 3 N–H and O–H groups in total. The fourth-order valence-corrected chi connectivity index (χ4v) is 4.89. The van der Waals surface area contributed by atoms with Crippen molar-refractivity contribution in [3.8, 4) is 0 Å². The van der Waals surface area contributed by atoms with Crippen molar-refractivity contribution in [2.24, 2.45) is 7.05 Å². The zero-order valence-corrected chi connectivity index (χ0v) is 22.1. The number of carbonyl (C=O) groups excluding carboxylic acids is 2. The fraction of sp³-hybridized carbons (Fsp3) is 0.370. The summed E-state index contributed by atoms with van der Waals surface area (Å²) >= 11 is 1.63. The van der Waals surface area contributed by atoms with E-state index in [-0.39, 0.29) is 32.0 Å². The van der Waals surface area contributed by atoms with Gasteiger partial charge in [-0.3, -0.25) is 4.79 Å². The molecule has 0 spiro atoms. The van der Waals surface area contributed by atoms with Crippen LogP contribution in [0, 0.1) is 0 Å². The number of hydrogen-bond acceptors (Lipinski definition) is 8. The molecule has 3 aromatic rings. The molecular formula is C27H32N4O6S. The number of rotatable bonds is 10. The predicted octanol–water partition coefficient (Wildman–Crippen LogP) is 3.93. The molecule has 0 saturated carbocycles. The third-order valence-electron chi connectivity index (χ3n) is 5.93. The van der Waals surface area contributed by atoms with E-state index in [1.807, 2.05) is 54.2 Å². The van der Waals surface area contributed by atoms with Crippen molar-refractivity contribution in [2.45, 2.75) is 43.6 Å². The van der Waals surface area contributed by atoms with Gasteiger partial charge in [0.1, 0.15) is 6.54 Å². The summed E-state index contributed by atoms with van der Waals surface area (Å²) in [7, 11) is 1.96. The second-order valence-corrected chi connectivity index (χ2v) is 9.70. The molecule has 1 aromatic heterocycles. The minimum atomic E-state index is -0.607. The number of nitrogens with one attached hydrogen (secondary N) is 2. The summed E-state index contributed by atoms with van der Waals surface area (Å²) in [6.45, 7) is 1.74. The maximum absolute atomic E-state index is 12.1. The van der Waals surface area contributed by atoms with Gasteiger partial charge < -0.3 is 34.5 Å². The Morgan fingerprint density at radius 3 is 2.53 bits per heavy atom. The lowest BCUT2D eigenvalue weighted by atomic mass is 10.0. The van der Waals surface area contributed by atoms with Crippen LogP contribution < -0.4 is 10.6 Å². The first kappa shape index (κ1) is 27.6. The molecule has 1 aliphatic rings. The van der Waals surface area contributed by atoms with Crippen molar-refractivity contribution < 1.29 is 28.9 Å². The average molecular weight is 541 g/mol. The number of urea groups is 1. The van der Waals surface area contributed by atoms with E-state index in [0.717, 1.165) is 21.8 Å². The SMILES string of the molecule is CCOC(=O)CNC(=O)Nc1ccc([C@H]2O[C@@H](CSc3nccn3C)C[C@@H](c3ccc(CO)cc3)O2)cc1. The number of amides is 2. The van der Waals surface area contributed by atoms with Crippen molar-refractivity contribution in [3.05, 3.63) is 77.6 Å². The van der Waals surface area contributed by atoms with Crippen LogP contribution in [-0.2, 0) is 32.7 Å². The van der Waals surface area contributed by atoms with Gasteiger partial charge in [-0.2, -0.15) is 0 Å².